The molecular formula is C19H19ClN6O2. The van der Waals surface area contributed by atoms with Gasteiger partial charge in [-0.05, 0) is 36.8 Å². The maximum atomic E-state index is 11.2. The maximum absolute atomic E-state index is 11.2. The molecule has 0 bridgehead atoms. The van der Waals surface area contributed by atoms with Gasteiger partial charge in [0.25, 0.3) is 0 Å². The number of aryl methyl sites for hydroxylation is 1. The van der Waals surface area contributed by atoms with Gasteiger partial charge in [-0.25, -0.2) is 0 Å². The molecule has 0 aliphatic carbocycles. The monoisotopic (exact) mass is 398 g/mol. The van der Waals surface area contributed by atoms with E-state index >= 15 is 0 Å². The van der Waals surface area contributed by atoms with E-state index in [1.165, 1.54) is 13.1 Å². The predicted molar refractivity (Wildman–Crippen MR) is 110 cm³/mol. The van der Waals surface area contributed by atoms with Gasteiger partial charge in [0.05, 0.1) is 19.0 Å². The number of carbonyl (C=O) groups is 1. The van der Waals surface area contributed by atoms with Crippen LogP contribution < -0.4 is 20.7 Å². The number of nitrogens with one attached hydrogen (secondary N) is 3. The minimum absolute atomic E-state index is 0.139. The Morgan fingerprint density at radius 1 is 1.14 bits per heavy atom. The summed E-state index contributed by atoms with van der Waals surface area (Å²) in [7, 11) is 1.56. The summed E-state index contributed by atoms with van der Waals surface area (Å²) in [5.74, 6) is 1.21. The van der Waals surface area contributed by atoms with Crippen molar-refractivity contribution in [2.24, 2.45) is 0 Å². The highest BCUT2D eigenvalue weighted by Crippen LogP contribution is 2.32. The number of hydrogen-bond acceptors (Lipinski definition) is 7. The number of amides is 1. The summed E-state index contributed by atoms with van der Waals surface area (Å²) in [6, 6.07) is 10.8. The summed E-state index contributed by atoms with van der Waals surface area (Å²) in [5, 5.41) is 17.5. The van der Waals surface area contributed by atoms with Gasteiger partial charge in [0, 0.05) is 29.4 Å². The number of ether oxygens (including phenoxy) is 1. The largest absolute Gasteiger partial charge is 0.495 e. The van der Waals surface area contributed by atoms with Gasteiger partial charge in [-0.1, -0.05) is 17.7 Å². The van der Waals surface area contributed by atoms with Crippen molar-refractivity contribution in [1.29, 1.82) is 0 Å². The van der Waals surface area contributed by atoms with Gasteiger partial charge < -0.3 is 20.7 Å². The van der Waals surface area contributed by atoms with Crippen LogP contribution in [0.5, 0.6) is 5.75 Å². The molecule has 3 N–H and O–H groups in total. The van der Waals surface area contributed by atoms with Crippen LogP contribution in [0.1, 0.15) is 12.5 Å². The summed E-state index contributed by atoms with van der Waals surface area (Å²) in [5.41, 5.74) is 3.00. The first-order chi connectivity index (χ1) is 13.4. The van der Waals surface area contributed by atoms with Crippen molar-refractivity contribution < 1.29 is 9.53 Å². The third kappa shape index (κ3) is 4.86. The second-order valence-corrected chi connectivity index (χ2v) is 6.39. The SMILES string of the molecule is COc1cc(Cl)c(C)cc1Nc1nncc(Nc2cccc(NC(C)=O)c2)n1. The molecule has 0 radical (unpaired) electrons. The first-order valence-corrected chi connectivity index (χ1v) is 8.78. The standard InChI is InChI=1S/C19H19ClN6O2/c1-11-7-16(17(28-3)9-15(11)20)24-19-25-18(10-21-26-19)23-14-6-4-5-13(8-14)22-12(2)27/h4-10H,1-3H3,(H,22,27)(H2,23,24,25,26). The minimum Gasteiger partial charge on any atom is -0.495 e. The van der Waals surface area contributed by atoms with Crippen LogP contribution >= 0.6 is 11.6 Å². The Labute approximate surface area is 167 Å². The van der Waals surface area contributed by atoms with Crippen molar-refractivity contribution in [3.05, 3.63) is 53.2 Å². The molecule has 144 valence electrons. The molecule has 0 fully saturated rings. The van der Waals surface area contributed by atoms with Crippen LogP contribution in [-0.2, 0) is 4.79 Å². The Morgan fingerprint density at radius 2 is 1.93 bits per heavy atom. The van der Waals surface area contributed by atoms with Crippen LogP contribution in [-0.4, -0.2) is 28.2 Å². The fraction of sp³-hybridized carbons (Fsp3) is 0.158. The Bertz CT molecular complexity index is 1010. The average molecular weight is 399 g/mol. The molecule has 1 aromatic heterocycles. The summed E-state index contributed by atoms with van der Waals surface area (Å²) in [6.45, 7) is 3.35. The summed E-state index contributed by atoms with van der Waals surface area (Å²) in [6.07, 6.45) is 1.50. The minimum atomic E-state index is -0.139. The number of aromatic nitrogens is 3. The van der Waals surface area contributed by atoms with E-state index in [0.29, 0.717) is 33.9 Å². The smallest absolute Gasteiger partial charge is 0.249 e. The van der Waals surface area contributed by atoms with E-state index in [1.54, 1.807) is 25.3 Å². The van der Waals surface area contributed by atoms with Crippen molar-refractivity contribution in [2.45, 2.75) is 13.8 Å². The normalized spacial score (nSPS) is 10.3. The maximum Gasteiger partial charge on any atom is 0.249 e. The van der Waals surface area contributed by atoms with Gasteiger partial charge in [-0.2, -0.15) is 10.1 Å². The number of nitrogens with zero attached hydrogens (tertiary/aromatic N) is 3. The molecule has 0 saturated heterocycles. The second-order valence-electron chi connectivity index (χ2n) is 5.98. The van der Waals surface area contributed by atoms with Gasteiger partial charge in [0.1, 0.15) is 5.75 Å². The zero-order chi connectivity index (χ0) is 20.1. The van der Waals surface area contributed by atoms with Gasteiger partial charge in [-0.15, -0.1) is 5.10 Å². The molecule has 1 amide bonds. The van der Waals surface area contributed by atoms with Crippen LogP contribution in [0.4, 0.5) is 28.8 Å². The average Bonchev–Trinajstić information content (AvgIpc) is 2.64. The van der Waals surface area contributed by atoms with Crippen molar-refractivity contribution in [1.82, 2.24) is 15.2 Å². The molecule has 3 rings (SSSR count). The van der Waals surface area contributed by atoms with Crippen LogP contribution in [0.2, 0.25) is 5.02 Å². The molecule has 0 aliphatic rings. The first kappa shape index (κ1) is 19.4. The fourth-order valence-electron chi connectivity index (χ4n) is 2.49. The highest BCUT2D eigenvalue weighted by atomic mass is 35.5. The number of carbonyl (C=O) groups excluding carboxylic acids is 1. The lowest BCUT2D eigenvalue weighted by Crippen LogP contribution is -2.06. The number of anilines is 5. The topological polar surface area (TPSA) is 101 Å². The van der Waals surface area contributed by atoms with E-state index in [1.807, 2.05) is 25.1 Å². The molecule has 3 aromatic rings. The lowest BCUT2D eigenvalue weighted by atomic mass is 10.2. The molecule has 0 atom stereocenters. The highest BCUT2D eigenvalue weighted by Gasteiger charge is 2.10. The first-order valence-electron chi connectivity index (χ1n) is 8.40. The Hall–Kier alpha value is -3.39. The molecule has 9 heteroatoms. The number of hydrogen-bond donors (Lipinski definition) is 3. The quantitative estimate of drug-likeness (QED) is 0.569. The van der Waals surface area contributed by atoms with Crippen LogP contribution in [0.15, 0.2) is 42.6 Å². The van der Waals surface area contributed by atoms with Gasteiger partial charge in [0.15, 0.2) is 5.82 Å². The number of halogens is 1. The van der Waals surface area contributed by atoms with E-state index in [-0.39, 0.29) is 5.91 Å². The number of methoxy groups -OCH3 is 1. The molecule has 0 spiro atoms. The summed E-state index contributed by atoms with van der Waals surface area (Å²) < 4.78 is 5.35. The van der Waals surface area contributed by atoms with Crippen LogP contribution in [0, 0.1) is 6.92 Å². The lowest BCUT2D eigenvalue weighted by molar-refractivity contribution is -0.114. The van der Waals surface area contributed by atoms with E-state index < -0.39 is 0 Å². The summed E-state index contributed by atoms with van der Waals surface area (Å²) >= 11 is 6.14. The van der Waals surface area contributed by atoms with Gasteiger partial charge in [0.2, 0.25) is 11.9 Å². The molecular weight excluding hydrogens is 380 g/mol. The number of benzene rings is 2. The third-order valence-corrected chi connectivity index (χ3v) is 4.15. The van der Waals surface area contributed by atoms with Crippen molar-refractivity contribution in [2.75, 3.05) is 23.1 Å². The molecule has 28 heavy (non-hydrogen) atoms. The Kier molecular flexibility index (Phi) is 5.90. The molecule has 0 aliphatic heterocycles. The molecule has 1 heterocycles. The van der Waals surface area contributed by atoms with Crippen molar-refractivity contribution in [3.63, 3.8) is 0 Å². The lowest BCUT2D eigenvalue weighted by Gasteiger charge is -2.12. The molecule has 2 aromatic carbocycles. The Balaban J connectivity index is 1.80. The molecule has 0 unspecified atom stereocenters. The molecule has 8 nitrogen and oxygen atoms in total. The van der Waals surface area contributed by atoms with Crippen molar-refractivity contribution >= 4 is 46.3 Å². The zero-order valence-electron chi connectivity index (χ0n) is 15.6. The highest BCUT2D eigenvalue weighted by molar-refractivity contribution is 6.31. The zero-order valence-corrected chi connectivity index (χ0v) is 16.3. The van der Waals surface area contributed by atoms with Crippen molar-refractivity contribution in [3.8, 4) is 5.75 Å². The second kappa shape index (κ2) is 8.53. The Morgan fingerprint density at radius 3 is 2.68 bits per heavy atom. The van der Waals surface area contributed by atoms with E-state index in [2.05, 4.69) is 31.1 Å². The summed E-state index contributed by atoms with van der Waals surface area (Å²) in [4.78, 5) is 15.6. The van der Waals surface area contributed by atoms with E-state index in [4.69, 9.17) is 16.3 Å². The molecule has 0 saturated carbocycles. The number of rotatable bonds is 6. The van der Waals surface area contributed by atoms with Crippen LogP contribution in [0.25, 0.3) is 0 Å². The van der Waals surface area contributed by atoms with Crippen LogP contribution in [0.3, 0.4) is 0 Å². The third-order valence-electron chi connectivity index (χ3n) is 3.74. The van der Waals surface area contributed by atoms with E-state index in [9.17, 15) is 4.79 Å². The fourth-order valence-corrected chi connectivity index (χ4v) is 2.65. The predicted octanol–water partition coefficient (Wildman–Crippen LogP) is 4.29. The van der Waals surface area contributed by atoms with Gasteiger partial charge in [-0.3, -0.25) is 4.79 Å². The van der Waals surface area contributed by atoms with E-state index in [0.717, 1.165) is 11.3 Å². The van der Waals surface area contributed by atoms with Gasteiger partial charge >= 0.3 is 0 Å².